The summed E-state index contributed by atoms with van der Waals surface area (Å²) in [7, 11) is 0. The van der Waals surface area contributed by atoms with Gasteiger partial charge in [-0.2, -0.15) is 5.26 Å². The summed E-state index contributed by atoms with van der Waals surface area (Å²) in [6, 6.07) is 10.7. The largest absolute Gasteiger partial charge is 0.206 e. The van der Waals surface area contributed by atoms with Gasteiger partial charge >= 0.3 is 0 Å². The molecule has 0 heterocycles. The lowest BCUT2D eigenvalue weighted by Gasteiger charge is -1.98. The lowest BCUT2D eigenvalue weighted by Crippen LogP contribution is -1.87. The van der Waals surface area contributed by atoms with E-state index in [1.54, 1.807) is 18.2 Å². The zero-order valence-electron chi connectivity index (χ0n) is 14.2. The van der Waals surface area contributed by atoms with Gasteiger partial charge in [0, 0.05) is 5.56 Å². The van der Waals surface area contributed by atoms with E-state index in [1.165, 1.54) is 31.0 Å². The summed E-state index contributed by atoms with van der Waals surface area (Å²) >= 11 is 0. The Morgan fingerprint density at radius 3 is 2.40 bits per heavy atom. The first-order chi connectivity index (χ1) is 12.1. The van der Waals surface area contributed by atoms with E-state index >= 15 is 0 Å². The molecule has 0 bridgehead atoms. The Labute approximate surface area is 147 Å². The van der Waals surface area contributed by atoms with Gasteiger partial charge in [-0.1, -0.05) is 49.8 Å². The Bertz CT molecular complexity index is 864. The Balaban J connectivity index is 2.09. The van der Waals surface area contributed by atoms with Crippen molar-refractivity contribution in [2.75, 3.05) is 0 Å². The standard InChI is InChI=1S/C22H19F2N/c1-2-3-4-5-6-7-17-8-11-19(21(23)14-17)12-9-18-10-13-20(16-25)22(24)15-18/h6-8,10-11,13-15H,2-5H2,1H3. The Hall–Kier alpha value is -2.91. The highest BCUT2D eigenvalue weighted by molar-refractivity contribution is 5.53. The molecule has 1 nitrogen and oxygen atoms in total. The molecule has 0 N–H and O–H groups in total. The van der Waals surface area contributed by atoms with Crippen molar-refractivity contribution in [1.82, 2.24) is 0 Å². The van der Waals surface area contributed by atoms with Crippen LogP contribution in [0.4, 0.5) is 8.78 Å². The number of halogens is 2. The van der Waals surface area contributed by atoms with Crippen LogP contribution in [-0.2, 0) is 0 Å². The van der Waals surface area contributed by atoms with Crippen LogP contribution in [0.3, 0.4) is 0 Å². The number of unbranched alkanes of at least 4 members (excludes halogenated alkanes) is 3. The molecule has 0 aliphatic heterocycles. The van der Waals surface area contributed by atoms with Gasteiger partial charge in [-0.25, -0.2) is 8.78 Å². The van der Waals surface area contributed by atoms with Crippen molar-refractivity contribution in [3.63, 3.8) is 0 Å². The van der Waals surface area contributed by atoms with E-state index in [0.717, 1.165) is 18.4 Å². The van der Waals surface area contributed by atoms with Gasteiger partial charge in [0.15, 0.2) is 0 Å². The van der Waals surface area contributed by atoms with E-state index in [2.05, 4.69) is 24.8 Å². The summed E-state index contributed by atoms with van der Waals surface area (Å²) in [5.41, 5.74) is 1.42. The molecule has 0 saturated carbocycles. The van der Waals surface area contributed by atoms with Crippen LogP contribution >= 0.6 is 0 Å². The second-order valence-corrected chi connectivity index (χ2v) is 5.69. The van der Waals surface area contributed by atoms with Gasteiger partial charge in [-0.3, -0.25) is 0 Å². The molecule has 0 atom stereocenters. The van der Waals surface area contributed by atoms with Crippen LogP contribution in [0.1, 0.15) is 54.9 Å². The van der Waals surface area contributed by atoms with Crippen molar-refractivity contribution in [2.45, 2.75) is 32.6 Å². The van der Waals surface area contributed by atoms with Gasteiger partial charge in [0.2, 0.25) is 0 Å². The third kappa shape index (κ3) is 5.59. The minimum absolute atomic E-state index is 0.0354. The third-order valence-electron chi connectivity index (χ3n) is 3.71. The molecular weight excluding hydrogens is 316 g/mol. The van der Waals surface area contributed by atoms with Crippen LogP contribution < -0.4 is 0 Å². The van der Waals surface area contributed by atoms with Crippen molar-refractivity contribution < 1.29 is 8.78 Å². The van der Waals surface area contributed by atoms with Crippen molar-refractivity contribution in [2.24, 2.45) is 0 Å². The van der Waals surface area contributed by atoms with E-state index in [4.69, 9.17) is 5.26 Å². The summed E-state index contributed by atoms with van der Waals surface area (Å²) in [5.74, 6) is 4.40. The minimum Gasteiger partial charge on any atom is -0.206 e. The van der Waals surface area contributed by atoms with E-state index in [1.807, 2.05) is 12.1 Å². The van der Waals surface area contributed by atoms with E-state index in [-0.39, 0.29) is 11.1 Å². The van der Waals surface area contributed by atoms with Crippen LogP contribution in [0, 0.1) is 34.8 Å². The number of allylic oxidation sites excluding steroid dienone is 1. The highest BCUT2D eigenvalue weighted by Crippen LogP contribution is 2.13. The first-order valence-corrected chi connectivity index (χ1v) is 8.32. The van der Waals surface area contributed by atoms with E-state index in [9.17, 15) is 8.78 Å². The number of nitrogens with zero attached hydrogens (tertiary/aromatic N) is 1. The number of nitriles is 1. The SMILES string of the molecule is CCCCCC=Cc1ccc(C#Cc2ccc(C#N)c(F)c2)c(F)c1. The first-order valence-electron chi connectivity index (χ1n) is 8.32. The van der Waals surface area contributed by atoms with Crippen molar-refractivity contribution in [3.8, 4) is 17.9 Å². The van der Waals surface area contributed by atoms with Gasteiger partial charge in [-0.15, -0.1) is 0 Å². The van der Waals surface area contributed by atoms with Gasteiger partial charge in [0.1, 0.15) is 17.7 Å². The minimum atomic E-state index is -0.627. The molecule has 2 aromatic carbocycles. The maximum atomic E-state index is 14.1. The summed E-state index contributed by atoms with van der Waals surface area (Å²) in [6.07, 6.45) is 8.46. The van der Waals surface area contributed by atoms with Gasteiger partial charge in [0.25, 0.3) is 0 Å². The fourth-order valence-electron chi connectivity index (χ4n) is 2.29. The molecule has 0 aromatic heterocycles. The highest BCUT2D eigenvalue weighted by Gasteiger charge is 2.02. The lowest BCUT2D eigenvalue weighted by molar-refractivity contribution is 0.623. The Morgan fingerprint density at radius 1 is 0.960 bits per heavy atom. The van der Waals surface area contributed by atoms with Crippen LogP contribution in [0.25, 0.3) is 6.08 Å². The maximum Gasteiger partial charge on any atom is 0.142 e. The van der Waals surface area contributed by atoms with Gasteiger partial charge in [-0.05, 0) is 48.7 Å². The number of rotatable bonds is 5. The average Bonchev–Trinajstić information content (AvgIpc) is 2.61. The van der Waals surface area contributed by atoms with Crippen molar-refractivity contribution in [3.05, 3.63) is 76.4 Å². The molecule has 0 radical (unpaired) electrons. The van der Waals surface area contributed by atoms with Crippen LogP contribution in [0.5, 0.6) is 0 Å². The fraction of sp³-hybridized carbons (Fsp3) is 0.227. The normalized spacial score (nSPS) is 10.3. The molecule has 0 fully saturated rings. The van der Waals surface area contributed by atoms with Gasteiger partial charge in [0.05, 0.1) is 11.1 Å². The second-order valence-electron chi connectivity index (χ2n) is 5.69. The maximum absolute atomic E-state index is 14.1. The molecular formula is C22H19F2N. The quantitative estimate of drug-likeness (QED) is 0.498. The monoisotopic (exact) mass is 335 g/mol. The Kier molecular flexibility index (Phi) is 6.93. The van der Waals surface area contributed by atoms with Crippen LogP contribution in [0.15, 0.2) is 42.5 Å². The molecule has 0 aliphatic carbocycles. The number of benzene rings is 2. The summed E-state index contributed by atoms with van der Waals surface area (Å²) in [5, 5.41) is 8.70. The highest BCUT2D eigenvalue weighted by atomic mass is 19.1. The molecule has 0 unspecified atom stereocenters. The molecule has 0 amide bonds. The van der Waals surface area contributed by atoms with Crippen LogP contribution in [-0.4, -0.2) is 0 Å². The molecule has 2 aromatic rings. The lowest BCUT2D eigenvalue weighted by atomic mass is 10.1. The molecule has 0 aliphatic rings. The Morgan fingerprint density at radius 2 is 1.72 bits per heavy atom. The van der Waals surface area contributed by atoms with E-state index < -0.39 is 11.6 Å². The van der Waals surface area contributed by atoms with Gasteiger partial charge < -0.3 is 0 Å². The molecule has 0 spiro atoms. The molecule has 126 valence electrons. The smallest absolute Gasteiger partial charge is 0.142 e. The predicted molar refractivity (Wildman–Crippen MR) is 96.7 cm³/mol. The summed E-state index contributed by atoms with van der Waals surface area (Å²) in [4.78, 5) is 0. The molecule has 2 rings (SSSR count). The molecule has 25 heavy (non-hydrogen) atoms. The molecule has 0 saturated heterocycles. The third-order valence-corrected chi connectivity index (χ3v) is 3.71. The second kappa shape index (κ2) is 9.40. The topological polar surface area (TPSA) is 23.8 Å². The first kappa shape index (κ1) is 18.4. The predicted octanol–water partition coefficient (Wildman–Crippen LogP) is 5.83. The van der Waals surface area contributed by atoms with E-state index in [0.29, 0.717) is 5.56 Å². The zero-order valence-corrected chi connectivity index (χ0v) is 14.2. The number of hydrogen-bond donors (Lipinski definition) is 0. The zero-order chi connectivity index (χ0) is 18.1. The summed E-state index contributed by atoms with van der Waals surface area (Å²) in [6.45, 7) is 2.16. The van der Waals surface area contributed by atoms with Crippen molar-refractivity contribution >= 4 is 6.08 Å². The fourth-order valence-corrected chi connectivity index (χ4v) is 2.29. The summed E-state index contributed by atoms with van der Waals surface area (Å²) < 4.78 is 27.7. The average molecular weight is 335 g/mol. The van der Waals surface area contributed by atoms with Crippen molar-refractivity contribution in [1.29, 1.82) is 5.26 Å². The van der Waals surface area contributed by atoms with Crippen LogP contribution in [0.2, 0.25) is 0 Å². The molecule has 3 heteroatoms. The number of hydrogen-bond acceptors (Lipinski definition) is 1.